The van der Waals surface area contributed by atoms with E-state index in [4.69, 9.17) is 10.2 Å². The van der Waals surface area contributed by atoms with E-state index in [1.54, 1.807) is 0 Å². The molecule has 0 aromatic carbocycles. The second kappa shape index (κ2) is 3.27. The molecule has 0 saturated carbocycles. The zero-order valence-corrected chi connectivity index (χ0v) is 5.74. The highest BCUT2D eigenvalue weighted by atomic mass is 16.3. The van der Waals surface area contributed by atoms with Gasteiger partial charge < -0.3 is 15.2 Å². The summed E-state index contributed by atoms with van der Waals surface area (Å²) < 4.78 is 0. The number of nitrogens with zero attached hydrogens (tertiary/aromatic N) is 1. The molecule has 0 bridgehead atoms. The van der Waals surface area contributed by atoms with Crippen molar-refractivity contribution in [2.45, 2.75) is 13.2 Å². The molecule has 1 heterocycles. The predicted octanol–water partition coefficient (Wildman–Crippen LogP) is -1.25. The van der Waals surface area contributed by atoms with Crippen LogP contribution in [-0.2, 0) is 13.2 Å². The van der Waals surface area contributed by atoms with Crippen molar-refractivity contribution in [3.63, 3.8) is 0 Å². The Bertz CT molecular complexity index is 294. The van der Waals surface area contributed by atoms with Crippen LogP contribution in [0, 0.1) is 0 Å². The molecule has 0 spiro atoms. The minimum Gasteiger partial charge on any atom is -0.392 e. The molecule has 0 aliphatic carbocycles. The maximum Gasteiger partial charge on any atom is 0.345 e. The monoisotopic (exact) mass is 156 g/mol. The Labute approximate surface area is 62.4 Å². The van der Waals surface area contributed by atoms with E-state index in [2.05, 4.69) is 9.97 Å². The van der Waals surface area contributed by atoms with Crippen LogP contribution in [0.25, 0.3) is 0 Å². The number of hydrogen-bond donors (Lipinski definition) is 3. The molecular weight excluding hydrogens is 148 g/mol. The molecule has 1 rings (SSSR count). The summed E-state index contributed by atoms with van der Waals surface area (Å²) >= 11 is 0. The highest BCUT2D eigenvalue weighted by Crippen LogP contribution is 1.99. The molecule has 0 aliphatic heterocycles. The van der Waals surface area contributed by atoms with Gasteiger partial charge in [0.2, 0.25) is 0 Å². The molecule has 0 fully saturated rings. The number of nitrogens with one attached hydrogen (secondary N) is 1. The molecule has 0 amide bonds. The van der Waals surface area contributed by atoms with Crippen molar-refractivity contribution in [2.75, 3.05) is 0 Å². The summed E-state index contributed by atoms with van der Waals surface area (Å²) in [7, 11) is 0. The molecule has 0 saturated heterocycles. The van der Waals surface area contributed by atoms with E-state index in [1.165, 1.54) is 6.20 Å². The van der Waals surface area contributed by atoms with Crippen LogP contribution in [0.4, 0.5) is 0 Å². The molecule has 1 aromatic heterocycles. The molecule has 1 aromatic rings. The van der Waals surface area contributed by atoms with Crippen LogP contribution in [0.3, 0.4) is 0 Å². The van der Waals surface area contributed by atoms with Crippen molar-refractivity contribution in [1.82, 2.24) is 9.97 Å². The van der Waals surface area contributed by atoms with Gasteiger partial charge >= 0.3 is 5.69 Å². The van der Waals surface area contributed by atoms with Gasteiger partial charge in [0.15, 0.2) is 0 Å². The maximum absolute atomic E-state index is 10.6. The molecule has 11 heavy (non-hydrogen) atoms. The molecule has 5 nitrogen and oxygen atoms in total. The Kier molecular flexibility index (Phi) is 2.35. The lowest BCUT2D eigenvalue weighted by Crippen LogP contribution is -2.14. The van der Waals surface area contributed by atoms with Crippen LogP contribution in [0.5, 0.6) is 0 Å². The summed E-state index contributed by atoms with van der Waals surface area (Å²) in [6, 6.07) is 0. The third-order valence-corrected chi connectivity index (χ3v) is 1.30. The smallest absolute Gasteiger partial charge is 0.345 e. The van der Waals surface area contributed by atoms with Crippen molar-refractivity contribution in [3.8, 4) is 0 Å². The number of H-pyrrole nitrogens is 1. The van der Waals surface area contributed by atoms with E-state index < -0.39 is 5.69 Å². The Hall–Kier alpha value is -1.20. The fourth-order valence-electron chi connectivity index (χ4n) is 0.733. The maximum atomic E-state index is 10.6. The minimum atomic E-state index is -0.522. The first-order valence-corrected chi connectivity index (χ1v) is 3.07. The van der Waals surface area contributed by atoms with Crippen molar-refractivity contribution in [2.24, 2.45) is 0 Å². The van der Waals surface area contributed by atoms with E-state index >= 15 is 0 Å². The number of aromatic nitrogens is 2. The van der Waals surface area contributed by atoms with Crippen LogP contribution in [0.1, 0.15) is 11.3 Å². The highest BCUT2D eigenvalue weighted by molar-refractivity contribution is 5.13. The first-order chi connectivity index (χ1) is 5.27. The fraction of sp³-hybridized carbons (Fsp3) is 0.333. The Morgan fingerprint density at radius 1 is 1.45 bits per heavy atom. The summed E-state index contributed by atoms with van der Waals surface area (Å²) in [6.45, 7) is -0.570. The van der Waals surface area contributed by atoms with E-state index in [0.29, 0.717) is 5.56 Å². The zero-order chi connectivity index (χ0) is 8.27. The predicted molar refractivity (Wildman–Crippen MR) is 36.7 cm³/mol. The van der Waals surface area contributed by atoms with Gasteiger partial charge in [0.1, 0.15) is 0 Å². The normalized spacial score (nSPS) is 10.0. The summed E-state index contributed by atoms with van der Waals surface area (Å²) in [5, 5.41) is 17.3. The van der Waals surface area contributed by atoms with Gasteiger partial charge in [-0.25, -0.2) is 4.79 Å². The molecule has 0 unspecified atom stereocenters. The first kappa shape index (κ1) is 7.90. The molecule has 0 atom stereocenters. The van der Waals surface area contributed by atoms with Crippen molar-refractivity contribution < 1.29 is 10.2 Å². The SMILES string of the molecule is O=c1nc(CO)c(CO)c[nH]1. The fourth-order valence-corrected chi connectivity index (χ4v) is 0.733. The summed E-state index contributed by atoms with van der Waals surface area (Å²) in [6.07, 6.45) is 1.33. The molecule has 3 N–H and O–H groups in total. The molecule has 5 heteroatoms. The Balaban J connectivity index is 3.16. The van der Waals surface area contributed by atoms with E-state index in [0.717, 1.165) is 0 Å². The summed E-state index contributed by atoms with van der Waals surface area (Å²) in [4.78, 5) is 16.3. The lowest BCUT2D eigenvalue weighted by Gasteiger charge is -1.99. The van der Waals surface area contributed by atoms with Crippen LogP contribution in [0.15, 0.2) is 11.0 Å². The van der Waals surface area contributed by atoms with E-state index in [9.17, 15) is 4.79 Å². The summed E-state index contributed by atoms with van der Waals surface area (Å²) in [5.41, 5.74) is 0.134. The Morgan fingerprint density at radius 3 is 2.73 bits per heavy atom. The van der Waals surface area contributed by atoms with Crippen LogP contribution in [0.2, 0.25) is 0 Å². The van der Waals surface area contributed by atoms with Gasteiger partial charge in [0, 0.05) is 11.8 Å². The van der Waals surface area contributed by atoms with Gasteiger partial charge in [-0.1, -0.05) is 0 Å². The van der Waals surface area contributed by atoms with Gasteiger partial charge in [0.25, 0.3) is 0 Å². The van der Waals surface area contributed by atoms with Gasteiger partial charge in [-0.2, -0.15) is 4.98 Å². The average Bonchev–Trinajstić information content (AvgIpc) is 2.04. The highest BCUT2D eigenvalue weighted by Gasteiger charge is 2.01. The first-order valence-electron chi connectivity index (χ1n) is 3.07. The van der Waals surface area contributed by atoms with Crippen molar-refractivity contribution in [3.05, 3.63) is 27.9 Å². The lowest BCUT2D eigenvalue weighted by atomic mass is 10.2. The number of aliphatic hydroxyl groups excluding tert-OH is 2. The quantitative estimate of drug-likeness (QED) is 0.499. The second-order valence-corrected chi connectivity index (χ2v) is 1.99. The molecule has 60 valence electrons. The molecule has 0 aliphatic rings. The number of aromatic amines is 1. The van der Waals surface area contributed by atoms with Gasteiger partial charge in [-0.15, -0.1) is 0 Å². The van der Waals surface area contributed by atoms with E-state index in [1.807, 2.05) is 0 Å². The zero-order valence-electron chi connectivity index (χ0n) is 5.74. The van der Waals surface area contributed by atoms with Gasteiger partial charge in [-0.3, -0.25) is 0 Å². The molecular formula is C6H8N2O3. The minimum absolute atomic E-state index is 0.219. The standard InChI is InChI=1S/C6H8N2O3/c9-2-4-1-7-6(11)8-5(4)3-10/h1,9-10H,2-3H2,(H,7,8,11). The Morgan fingerprint density at radius 2 is 2.18 bits per heavy atom. The van der Waals surface area contributed by atoms with E-state index in [-0.39, 0.29) is 18.9 Å². The second-order valence-electron chi connectivity index (χ2n) is 1.99. The van der Waals surface area contributed by atoms with Crippen LogP contribution >= 0.6 is 0 Å². The van der Waals surface area contributed by atoms with Crippen molar-refractivity contribution in [1.29, 1.82) is 0 Å². The topological polar surface area (TPSA) is 86.2 Å². The van der Waals surface area contributed by atoms with Gasteiger partial charge in [0.05, 0.1) is 18.9 Å². The van der Waals surface area contributed by atoms with Crippen LogP contribution < -0.4 is 5.69 Å². The summed E-state index contributed by atoms with van der Waals surface area (Å²) in [5.74, 6) is 0. The van der Waals surface area contributed by atoms with Crippen molar-refractivity contribution >= 4 is 0 Å². The van der Waals surface area contributed by atoms with Gasteiger partial charge in [-0.05, 0) is 0 Å². The largest absolute Gasteiger partial charge is 0.392 e. The number of hydrogen-bond acceptors (Lipinski definition) is 4. The van der Waals surface area contributed by atoms with Crippen LogP contribution in [-0.4, -0.2) is 20.2 Å². The number of aliphatic hydroxyl groups is 2. The third kappa shape index (κ3) is 1.63. The lowest BCUT2D eigenvalue weighted by molar-refractivity contribution is 0.254. The molecule has 0 radical (unpaired) electrons. The number of rotatable bonds is 2. The third-order valence-electron chi connectivity index (χ3n) is 1.30. The average molecular weight is 156 g/mol.